The van der Waals surface area contributed by atoms with E-state index in [1.165, 1.54) is 0 Å². The fourth-order valence-electron chi connectivity index (χ4n) is 1.54. The van der Waals surface area contributed by atoms with Crippen molar-refractivity contribution in [2.45, 2.75) is 12.2 Å². The molecule has 0 aliphatic carbocycles. The highest BCUT2D eigenvalue weighted by Gasteiger charge is 2.27. The normalized spacial score (nSPS) is 14.6. The summed E-state index contributed by atoms with van der Waals surface area (Å²) in [5.74, 6) is 0. The minimum absolute atomic E-state index is 0.0429. The van der Waals surface area contributed by atoms with Gasteiger partial charge in [-0.2, -0.15) is 0 Å². The Morgan fingerprint density at radius 1 is 1.47 bits per heavy atom. The van der Waals surface area contributed by atoms with Gasteiger partial charge < -0.3 is 10.3 Å². The van der Waals surface area contributed by atoms with Crippen LogP contribution in [-0.2, 0) is 9.84 Å². The monoisotopic (exact) mass is 257 g/mol. The minimum Gasteiger partial charge on any atom is -0.411 e. The summed E-state index contributed by atoms with van der Waals surface area (Å²) in [6, 6.07) is 6.90. The molecule has 0 amide bonds. The highest BCUT2D eigenvalue weighted by atomic mass is 32.2. The van der Waals surface area contributed by atoms with Crippen LogP contribution in [-0.4, -0.2) is 42.6 Å². The molecular formula is C11H15NO4S. The maximum atomic E-state index is 11.5. The summed E-state index contributed by atoms with van der Waals surface area (Å²) in [4.78, 5) is 0. The number of hydrogen-bond acceptors (Lipinski definition) is 5. The van der Waals surface area contributed by atoms with E-state index >= 15 is 0 Å². The fourth-order valence-corrected chi connectivity index (χ4v) is 2.40. The highest BCUT2D eigenvalue weighted by Crippen LogP contribution is 2.12. The quantitative estimate of drug-likeness (QED) is 0.469. The Bertz CT molecular complexity index is 522. The van der Waals surface area contributed by atoms with Crippen LogP contribution in [0.2, 0.25) is 0 Å². The van der Waals surface area contributed by atoms with E-state index in [1.807, 2.05) is 13.0 Å². The lowest BCUT2D eigenvalue weighted by Gasteiger charge is -2.14. The predicted molar refractivity (Wildman–Crippen MR) is 65.2 cm³/mol. The van der Waals surface area contributed by atoms with Gasteiger partial charge in [0.1, 0.15) is 11.0 Å². The molecule has 0 bridgehead atoms. The van der Waals surface area contributed by atoms with Crippen LogP contribution >= 0.6 is 0 Å². The van der Waals surface area contributed by atoms with Gasteiger partial charge in [0.25, 0.3) is 0 Å². The molecule has 0 radical (unpaired) electrons. The summed E-state index contributed by atoms with van der Waals surface area (Å²) in [5.41, 5.74) is 1.35. The fraction of sp³-hybridized carbons (Fsp3) is 0.364. The first-order valence-electron chi connectivity index (χ1n) is 4.99. The van der Waals surface area contributed by atoms with Gasteiger partial charge in [-0.25, -0.2) is 8.42 Å². The van der Waals surface area contributed by atoms with Gasteiger partial charge in [0.05, 0.1) is 6.61 Å². The molecule has 1 unspecified atom stereocenters. The Labute approximate surface area is 100 Å². The lowest BCUT2D eigenvalue weighted by molar-refractivity contribution is 0.296. The van der Waals surface area contributed by atoms with Crippen molar-refractivity contribution in [3.63, 3.8) is 0 Å². The maximum absolute atomic E-state index is 11.5. The second-order valence-electron chi connectivity index (χ2n) is 3.86. The zero-order chi connectivity index (χ0) is 13.1. The molecule has 5 nitrogen and oxygen atoms in total. The second-order valence-corrected chi connectivity index (χ2v) is 6.08. The van der Waals surface area contributed by atoms with E-state index in [9.17, 15) is 8.42 Å². The van der Waals surface area contributed by atoms with Crippen LogP contribution in [0.4, 0.5) is 0 Å². The first-order valence-corrected chi connectivity index (χ1v) is 6.94. The van der Waals surface area contributed by atoms with E-state index < -0.39 is 21.7 Å². The van der Waals surface area contributed by atoms with Gasteiger partial charge in [0, 0.05) is 11.8 Å². The Kier molecular flexibility index (Phi) is 4.25. The Morgan fingerprint density at radius 3 is 2.53 bits per heavy atom. The number of aliphatic hydroxyl groups is 1. The molecule has 0 saturated heterocycles. The number of nitrogens with zero attached hydrogens (tertiary/aromatic N) is 1. The summed E-state index contributed by atoms with van der Waals surface area (Å²) in [6.07, 6.45) is 0.995. The van der Waals surface area contributed by atoms with Crippen molar-refractivity contribution in [1.29, 1.82) is 0 Å². The zero-order valence-corrected chi connectivity index (χ0v) is 10.5. The van der Waals surface area contributed by atoms with Crippen LogP contribution in [0.1, 0.15) is 11.1 Å². The van der Waals surface area contributed by atoms with Crippen LogP contribution in [0.15, 0.2) is 29.4 Å². The number of aryl methyl sites for hydroxylation is 1. The molecule has 2 N–H and O–H groups in total. The van der Waals surface area contributed by atoms with Crippen LogP contribution in [0.3, 0.4) is 0 Å². The van der Waals surface area contributed by atoms with E-state index in [0.717, 1.165) is 11.8 Å². The minimum atomic E-state index is -3.53. The number of rotatable bonds is 4. The van der Waals surface area contributed by atoms with Gasteiger partial charge in [-0.1, -0.05) is 35.0 Å². The molecule has 0 spiro atoms. The molecule has 1 aromatic carbocycles. The van der Waals surface area contributed by atoms with Gasteiger partial charge >= 0.3 is 0 Å². The van der Waals surface area contributed by atoms with Crippen molar-refractivity contribution in [3.05, 3.63) is 35.4 Å². The average molecular weight is 257 g/mol. The summed E-state index contributed by atoms with van der Waals surface area (Å²) >= 11 is 0. The summed E-state index contributed by atoms with van der Waals surface area (Å²) in [6.45, 7) is 1.22. The molecule has 0 saturated carbocycles. The Hall–Kier alpha value is -1.40. The van der Waals surface area contributed by atoms with Gasteiger partial charge in [0.15, 0.2) is 9.84 Å². The molecule has 0 aliphatic rings. The number of aliphatic hydroxyl groups excluding tert-OH is 1. The Morgan fingerprint density at radius 2 is 2.12 bits per heavy atom. The van der Waals surface area contributed by atoms with Crippen LogP contribution in [0.5, 0.6) is 0 Å². The number of hydrogen-bond donors (Lipinski definition) is 2. The first-order chi connectivity index (χ1) is 7.90. The molecule has 0 heterocycles. The molecule has 17 heavy (non-hydrogen) atoms. The number of sulfone groups is 1. The standard InChI is InChI=1S/C11H15NO4S/c1-8-4-3-5-9(6-8)11(12-14)10(7-13)17(2,15)16/h3-6,10,13-14H,7H2,1-2H3/b12-11+. The highest BCUT2D eigenvalue weighted by molar-refractivity contribution is 7.92. The third-order valence-electron chi connectivity index (χ3n) is 2.41. The molecular weight excluding hydrogens is 242 g/mol. The van der Waals surface area contributed by atoms with Crippen molar-refractivity contribution in [3.8, 4) is 0 Å². The van der Waals surface area contributed by atoms with Gasteiger partial charge in [-0.3, -0.25) is 0 Å². The molecule has 0 aliphatic heterocycles. The predicted octanol–water partition coefficient (Wildman–Crippen LogP) is 0.579. The lowest BCUT2D eigenvalue weighted by atomic mass is 10.1. The second kappa shape index (κ2) is 5.29. The van der Waals surface area contributed by atoms with Crippen molar-refractivity contribution in [2.75, 3.05) is 12.9 Å². The molecule has 94 valence electrons. The summed E-state index contributed by atoms with van der Waals surface area (Å²) in [5, 5.41) is 19.9. The third-order valence-corrected chi connectivity index (χ3v) is 3.82. The van der Waals surface area contributed by atoms with Crippen LogP contribution in [0, 0.1) is 6.92 Å². The first kappa shape index (κ1) is 13.7. The third kappa shape index (κ3) is 3.28. The lowest BCUT2D eigenvalue weighted by Crippen LogP contribution is -2.33. The zero-order valence-electron chi connectivity index (χ0n) is 9.66. The molecule has 6 heteroatoms. The molecule has 0 fully saturated rings. The molecule has 0 aromatic heterocycles. The Balaban J connectivity index is 3.25. The van der Waals surface area contributed by atoms with E-state index in [-0.39, 0.29) is 5.71 Å². The number of benzene rings is 1. The van der Waals surface area contributed by atoms with Gasteiger partial charge in [0.2, 0.25) is 0 Å². The number of oxime groups is 1. The van der Waals surface area contributed by atoms with E-state index in [2.05, 4.69) is 5.16 Å². The largest absolute Gasteiger partial charge is 0.411 e. The SMILES string of the molecule is Cc1cccc(/C(=N\O)C(CO)S(C)(=O)=O)c1. The molecule has 1 rings (SSSR count). The van der Waals surface area contributed by atoms with Crippen LogP contribution in [0.25, 0.3) is 0 Å². The summed E-state index contributed by atoms with van der Waals surface area (Å²) < 4.78 is 22.9. The van der Waals surface area contributed by atoms with E-state index in [0.29, 0.717) is 5.56 Å². The van der Waals surface area contributed by atoms with E-state index in [4.69, 9.17) is 10.3 Å². The van der Waals surface area contributed by atoms with Crippen LogP contribution < -0.4 is 0 Å². The topological polar surface area (TPSA) is 87.0 Å². The van der Waals surface area contributed by atoms with Gasteiger partial charge in [-0.15, -0.1) is 0 Å². The van der Waals surface area contributed by atoms with Crippen molar-refractivity contribution in [1.82, 2.24) is 0 Å². The maximum Gasteiger partial charge on any atom is 0.158 e. The summed E-state index contributed by atoms with van der Waals surface area (Å²) in [7, 11) is -3.53. The smallest absolute Gasteiger partial charge is 0.158 e. The van der Waals surface area contributed by atoms with Crippen molar-refractivity contribution in [2.24, 2.45) is 5.16 Å². The molecule has 1 atom stereocenters. The molecule has 1 aromatic rings. The van der Waals surface area contributed by atoms with Crippen molar-refractivity contribution < 1.29 is 18.7 Å². The van der Waals surface area contributed by atoms with Crippen molar-refractivity contribution >= 4 is 15.5 Å². The van der Waals surface area contributed by atoms with Gasteiger partial charge in [-0.05, 0) is 6.92 Å². The average Bonchev–Trinajstić information content (AvgIpc) is 2.23. The van der Waals surface area contributed by atoms with E-state index in [1.54, 1.807) is 18.2 Å².